The predicted octanol–water partition coefficient (Wildman–Crippen LogP) is 2.91. The number of aromatic nitrogens is 1. The Morgan fingerprint density at radius 2 is 1.93 bits per heavy atom. The average molecular weight is 367 g/mol. The lowest BCUT2D eigenvalue weighted by molar-refractivity contribution is -0.116. The molecule has 0 aliphatic rings. The summed E-state index contributed by atoms with van der Waals surface area (Å²) in [5.74, 6) is 1.25. The summed E-state index contributed by atoms with van der Waals surface area (Å²) in [6, 6.07) is 14.1. The number of benzene rings is 1. The van der Waals surface area contributed by atoms with Crippen molar-refractivity contribution in [1.82, 2.24) is 15.6 Å². The summed E-state index contributed by atoms with van der Waals surface area (Å²) in [5, 5.41) is 9.20. The highest BCUT2D eigenvalue weighted by atomic mass is 16.1. The molecule has 27 heavy (non-hydrogen) atoms. The third-order valence-corrected chi connectivity index (χ3v) is 3.90. The van der Waals surface area contributed by atoms with E-state index in [-0.39, 0.29) is 5.91 Å². The van der Waals surface area contributed by atoms with Crippen molar-refractivity contribution in [1.29, 1.82) is 0 Å². The van der Waals surface area contributed by atoms with E-state index >= 15 is 0 Å². The second-order valence-electron chi connectivity index (χ2n) is 6.30. The highest BCUT2D eigenvalue weighted by Crippen LogP contribution is 2.04. The lowest BCUT2D eigenvalue weighted by Gasteiger charge is -2.11. The van der Waals surface area contributed by atoms with Gasteiger partial charge in [-0.15, -0.1) is 0 Å². The minimum atomic E-state index is -0.0706. The maximum absolute atomic E-state index is 12.0. The number of nitrogens with one attached hydrogen (secondary N) is 3. The van der Waals surface area contributed by atoms with Gasteiger partial charge in [-0.3, -0.25) is 9.79 Å². The van der Waals surface area contributed by atoms with Gasteiger partial charge in [0.05, 0.1) is 0 Å². The van der Waals surface area contributed by atoms with Crippen LogP contribution in [0.2, 0.25) is 0 Å². The third kappa shape index (κ3) is 8.35. The first-order chi connectivity index (χ1) is 13.2. The van der Waals surface area contributed by atoms with Crippen LogP contribution >= 0.6 is 0 Å². The predicted molar refractivity (Wildman–Crippen MR) is 111 cm³/mol. The highest BCUT2D eigenvalue weighted by molar-refractivity contribution is 5.90. The monoisotopic (exact) mass is 367 g/mol. The smallest absolute Gasteiger partial charge is 0.227 e. The maximum Gasteiger partial charge on any atom is 0.227 e. The summed E-state index contributed by atoms with van der Waals surface area (Å²) in [5.41, 5.74) is 2.39. The first-order valence-corrected chi connectivity index (χ1v) is 9.46. The average Bonchev–Trinajstić information content (AvgIpc) is 2.68. The lowest BCUT2D eigenvalue weighted by Crippen LogP contribution is -2.38. The van der Waals surface area contributed by atoms with E-state index in [1.165, 1.54) is 5.56 Å². The number of hydrogen-bond donors (Lipinski definition) is 3. The second-order valence-corrected chi connectivity index (χ2v) is 6.30. The van der Waals surface area contributed by atoms with Crippen molar-refractivity contribution in [3.05, 3.63) is 59.8 Å². The van der Waals surface area contributed by atoms with Gasteiger partial charge in [0.2, 0.25) is 5.91 Å². The van der Waals surface area contributed by atoms with E-state index in [1.807, 2.05) is 26.0 Å². The number of aliphatic imine (C=N–C) groups is 1. The highest BCUT2D eigenvalue weighted by Gasteiger charge is 2.04. The Balaban J connectivity index is 1.69. The van der Waals surface area contributed by atoms with E-state index in [1.54, 1.807) is 12.3 Å². The zero-order valence-corrected chi connectivity index (χ0v) is 16.2. The molecule has 1 amide bonds. The minimum absolute atomic E-state index is 0.0706. The summed E-state index contributed by atoms with van der Waals surface area (Å²) in [6.07, 6.45) is 4.08. The first-order valence-electron chi connectivity index (χ1n) is 9.46. The molecule has 0 saturated carbocycles. The Kier molecular flexibility index (Phi) is 8.83. The molecule has 1 aromatic heterocycles. The van der Waals surface area contributed by atoms with Crippen LogP contribution in [0, 0.1) is 6.92 Å². The van der Waals surface area contributed by atoms with E-state index < -0.39 is 0 Å². The molecule has 0 unspecified atom stereocenters. The van der Waals surface area contributed by atoms with Crippen LogP contribution in [0.25, 0.3) is 0 Å². The minimum Gasteiger partial charge on any atom is -0.357 e. The molecule has 144 valence electrons. The Labute approximate surface area is 161 Å². The molecular weight excluding hydrogens is 338 g/mol. The van der Waals surface area contributed by atoms with Gasteiger partial charge < -0.3 is 16.0 Å². The van der Waals surface area contributed by atoms with Crippen molar-refractivity contribution in [3.8, 4) is 0 Å². The van der Waals surface area contributed by atoms with Crippen LogP contribution in [0.4, 0.5) is 5.82 Å². The molecule has 2 aromatic rings. The van der Waals surface area contributed by atoms with Crippen LogP contribution in [0.1, 0.15) is 30.9 Å². The number of guanidine groups is 1. The molecule has 0 aliphatic heterocycles. The maximum atomic E-state index is 12.0. The van der Waals surface area contributed by atoms with Gasteiger partial charge >= 0.3 is 0 Å². The van der Waals surface area contributed by atoms with Crippen LogP contribution in [0.3, 0.4) is 0 Å². The lowest BCUT2D eigenvalue weighted by atomic mass is 10.1. The van der Waals surface area contributed by atoms with Crippen molar-refractivity contribution in [3.63, 3.8) is 0 Å². The van der Waals surface area contributed by atoms with Crippen LogP contribution in [-0.4, -0.2) is 36.5 Å². The van der Waals surface area contributed by atoms with Crippen LogP contribution in [0.5, 0.6) is 0 Å². The Morgan fingerprint density at radius 3 is 2.63 bits per heavy atom. The van der Waals surface area contributed by atoms with Crippen LogP contribution in [-0.2, 0) is 11.2 Å². The number of pyridine rings is 1. The third-order valence-electron chi connectivity index (χ3n) is 3.90. The summed E-state index contributed by atoms with van der Waals surface area (Å²) in [6.45, 7) is 6.02. The van der Waals surface area contributed by atoms with Crippen molar-refractivity contribution in [2.24, 2.45) is 4.99 Å². The largest absolute Gasteiger partial charge is 0.357 e. The molecule has 0 atom stereocenters. The van der Waals surface area contributed by atoms with Gasteiger partial charge in [-0.25, -0.2) is 4.98 Å². The SMILES string of the molecule is CCNC(=NCCCc1ccccc1)NCCC(=O)Nc1ccc(C)cn1. The number of rotatable bonds is 9. The fourth-order valence-electron chi connectivity index (χ4n) is 2.50. The number of carbonyl (C=O) groups is 1. The summed E-state index contributed by atoms with van der Waals surface area (Å²) in [4.78, 5) is 20.7. The molecular formula is C21H29N5O. The molecule has 1 heterocycles. The molecule has 2 rings (SSSR count). The molecule has 6 nitrogen and oxygen atoms in total. The van der Waals surface area contributed by atoms with E-state index in [0.717, 1.165) is 37.5 Å². The van der Waals surface area contributed by atoms with Gasteiger partial charge in [0.15, 0.2) is 5.96 Å². The molecule has 0 spiro atoms. The molecule has 3 N–H and O–H groups in total. The second kappa shape index (κ2) is 11.7. The molecule has 0 fully saturated rings. The Hall–Kier alpha value is -2.89. The molecule has 0 radical (unpaired) electrons. The first kappa shape index (κ1) is 20.4. The van der Waals surface area contributed by atoms with Crippen molar-refractivity contribution in [2.75, 3.05) is 25.0 Å². The Morgan fingerprint density at radius 1 is 1.11 bits per heavy atom. The van der Waals surface area contributed by atoms with Crippen LogP contribution < -0.4 is 16.0 Å². The van der Waals surface area contributed by atoms with Crippen LogP contribution in [0.15, 0.2) is 53.7 Å². The van der Waals surface area contributed by atoms with E-state index in [2.05, 4.69) is 50.2 Å². The number of nitrogens with zero attached hydrogens (tertiary/aromatic N) is 2. The molecule has 0 saturated heterocycles. The number of aryl methyl sites for hydroxylation is 2. The van der Waals surface area contributed by atoms with Gasteiger partial charge in [-0.05, 0) is 43.9 Å². The fraction of sp³-hybridized carbons (Fsp3) is 0.381. The van der Waals surface area contributed by atoms with Gasteiger partial charge in [-0.2, -0.15) is 0 Å². The topological polar surface area (TPSA) is 78.4 Å². The quantitative estimate of drug-likeness (QED) is 0.362. The fourth-order valence-corrected chi connectivity index (χ4v) is 2.50. The van der Waals surface area contributed by atoms with Gasteiger partial charge in [0.25, 0.3) is 0 Å². The van der Waals surface area contributed by atoms with Crippen molar-refractivity contribution >= 4 is 17.7 Å². The van der Waals surface area contributed by atoms with E-state index in [0.29, 0.717) is 18.8 Å². The summed E-state index contributed by atoms with van der Waals surface area (Å²) >= 11 is 0. The summed E-state index contributed by atoms with van der Waals surface area (Å²) < 4.78 is 0. The van der Waals surface area contributed by atoms with Gasteiger partial charge in [0.1, 0.15) is 5.82 Å². The standard InChI is InChI=1S/C21H29N5O/c1-3-22-21(23-14-7-10-18-8-5-4-6-9-18)24-15-13-20(27)26-19-12-11-17(2)16-25-19/h4-6,8-9,11-12,16H,3,7,10,13-15H2,1-2H3,(H2,22,23,24)(H,25,26,27). The molecule has 6 heteroatoms. The summed E-state index contributed by atoms with van der Waals surface area (Å²) in [7, 11) is 0. The van der Waals surface area contributed by atoms with E-state index in [4.69, 9.17) is 0 Å². The number of carbonyl (C=O) groups excluding carboxylic acids is 1. The van der Waals surface area contributed by atoms with Crippen molar-refractivity contribution in [2.45, 2.75) is 33.1 Å². The number of anilines is 1. The number of hydrogen-bond acceptors (Lipinski definition) is 3. The zero-order chi connectivity index (χ0) is 19.3. The molecule has 0 bridgehead atoms. The Bertz CT molecular complexity index is 713. The number of amides is 1. The van der Waals surface area contributed by atoms with Crippen molar-refractivity contribution < 1.29 is 4.79 Å². The van der Waals surface area contributed by atoms with Gasteiger partial charge in [0, 0.05) is 32.3 Å². The zero-order valence-electron chi connectivity index (χ0n) is 16.2. The molecule has 0 aliphatic carbocycles. The normalized spacial score (nSPS) is 11.1. The molecule has 1 aromatic carbocycles. The van der Waals surface area contributed by atoms with E-state index in [9.17, 15) is 4.79 Å². The van der Waals surface area contributed by atoms with Gasteiger partial charge in [-0.1, -0.05) is 36.4 Å².